The maximum absolute atomic E-state index is 12.2. The van der Waals surface area contributed by atoms with E-state index < -0.39 is 0 Å². The number of benzene rings is 1. The SMILES string of the molecule is CNCC1(C(=O)Nc2cc(C)ccc2C)CC1. The van der Waals surface area contributed by atoms with Gasteiger partial charge in [0.1, 0.15) is 0 Å². The maximum Gasteiger partial charge on any atom is 0.231 e. The van der Waals surface area contributed by atoms with Crippen LogP contribution in [-0.2, 0) is 4.79 Å². The normalized spacial score (nSPS) is 16.6. The van der Waals surface area contributed by atoms with Crippen LogP contribution in [0.4, 0.5) is 5.69 Å². The summed E-state index contributed by atoms with van der Waals surface area (Å²) in [5.41, 5.74) is 3.07. The van der Waals surface area contributed by atoms with Crippen molar-refractivity contribution in [2.24, 2.45) is 5.41 Å². The van der Waals surface area contributed by atoms with Crippen LogP contribution >= 0.6 is 0 Å². The molecular formula is C14H20N2O. The van der Waals surface area contributed by atoms with E-state index in [4.69, 9.17) is 0 Å². The molecule has 3 heteroatoms. The van der Waals surface area contributed by atoms with E-state index in [0.717, 1.165) is 30.6 Å². The minimum absolute atomic E-state index is 0.153. The van der Waals surface area contributed by atoms with Gasteiger partial charge in [0.2, 0.25) is 5.91 Å². The first-order chi connectivity index (χ1) is 8.07. The third-order valence-electron chi connectivity index (χ3n) is 3.49. The van der Waals surface area contributed by atoms with E-state index in [2.05, 4.69) is 16.7 Å². The van der Waals surface area contributed by atoms with Crippen LogP contribution in [0.2, 0.25) is 0 Å². The van der Waals surface area contributed by atoms with Gasteiger partial charge in [0, 0.05) is 12.2 Å². The molecule has 1 amide bonds. The molecule has 1 aliphatic carbocycles. The Morgan fingerprint density at radius 3 is 2.65 bits per heavy atom. The molecular weight excluding hydrogens is 212 g/mol. The van der Waals surface area contributed by atoms with Crippen LogP contribution in [0.25, 0.3) is 0 Å². The summed E-state index contributed by atoms with van der Waals surface area (Å²) in [4.78, 5) is 12.2. The lowest BCUT2D eigenvalue weighted by Crippen LogP contribution is -2.32. The van der Waals surface area contributed by atoms with E-state index in [1.807, 2.05) is 33.0 Å². The third kappa shape index (κ3) is 2.50. The largest absolute Gasteiger partial charge is 0.325 e. The Kier molecular flexibility index (Phi) is 3.20. The zero-order valence-electron chi connectivity index (χ0n) is 10.8. The molecule has 1 aromatic carbocycles. The molecule has 0 aromatic heterocycles. The van der Waals surface area contributed by atoms with Crippen molar-refractivity contribution in [1.29, 1.82) is 0 Å². The lowest BCUT2D eigenvalue weighted by molar-refractivity contribution is -0.120. The monoisotopic (exact) mass is 232 g/mol. The molecule has 2 rings (SSSR count). The van der Waals surface area contributed by atoms with Gasteiger partial charge in [-0.15, -0.1) is 0 Å². The molecule has 3 nitrogen and oxygen atoms in total. The van der Waals surface area contributed by atoms with Gasteiger partial charge in [-0.25, -0.2) is 0 Å². The number of aryl methyl sites for hydroxylation is 2. The zero-order valence-corrected chi connectivity index (χ0v) is 10.8. The van der Waals surface area contributed by atoms with E-state index in [-0.39, 0.29) is 11.3 Å². The third-order valence-corrected chi connectivity index (χ3v) is 3.49. The highest BCUT2D eigenvalue weighted by molar-refractivity contribution is 5.98. The molecule has 2 N–H and O–H groups in total. The lowest BCUT2D eigenvalue weighted by Gasteiger charge is -2.16. The zero-order chi connectivity index (χ0) is 12.5. The molecule has 0 aliphatic heterocycles. The predicted octanol–water partition coefficient (Wildman–Crippen LogP) is 2.24. The number of carbonyl (C=O) groups is 1. The number of amides is 1. The summed E-state index contributed by atoms with van der Waals surface area (Å²) in [5, 5.41) is 6.16. The second-order valence-electron chi connectivity index (χ2n) is 5.08. The molecule has 1 fully saturated rings. The molecule has 0 heterocycles. The standard InChI is InChI=1S/C14H20N2O/c1-10-4-5-11(2)12(8-10)16-13(17)14(6-7-14)9-15-3/h4-5,8,15H,6-7,9H2,1-3H3,(H,16,17). The van der Waals surface area contributed by atoms with Gasteiger partial charge in [0.25, 0.3) is 0 Å². The van der Waals surface area contributed by atoms with Crippen LogP contribution < -0.4 is 10.6 Å². The summed E-state index contributed by atoms with van der Waals surface area (Å²) >= 11 is 0. The molecule has 0 bridgehead atoms. The molecule has 0 radical (unpaired) electrons. The van der Waals surface area contributed by atoms with Gasteiger partial charge in [-0.05, 0) is 50.9 Å². The van der Waals surface area contributed by atoms with Crippen molar-refractivity contribution >= 4 is 11.6 Å². The summed E-state index contributed by atoms with van der Waals surface area (Å²) in [6, 6.07) is 6.14. The molecule has 1 saturated carbocycles. The minimum Gasteiger partial charge on any atom is -0.325 e. The van der Waals surface area contributed by atoms with Crippen molar-refractivity contribution in [3.8, 4) is 0 Å². The van der Waals surface area contributed by atoms with Crippen molar-refractivity contribution in [2.75, 3.05) is 18.9 Å². The van der Waals surface area contributed by atoms with E-state index >= 15 is 0 Å². The van der Waals surface area contributed by atoms with Crippen LogP contribution in [-0.4, -0.2) is 19.5 Å². The molecule has 17 heavy (non-hydrogen) atoms. The average molecular weight is 232 g/mol. The van der Waals surface area contributed by atoms with Gasteiger partial charge in [0.05, 0.1) is 5.41 Å². The maximum atomic E-state index is 12.2. The number of anilines is 1. The van der Waals surface area contributed by atoms with Gasteiger partial charge in [-0.3, -0.25) is 4.79 Å². The summed E-state index contributed by atoms with van der Waals surface area (Å²) in [5.74, 6) is 0.153. The first-order valence-electron chi connectivity index (χ1n) is 6.11. The fraction of sp³-hybridized carbons (Fsp3) is 0.500. The molecule has 1 aromatic rings. The molecule has 0 atom stereocenters. The van der Waals surface area contributed by atoms with Gasteiger partial charge in [0.15, 0.2) is 0 Å². The minimum atomic E-state index is -0.162. The number of hydrogen-bond acceptors (Lipinski definition) is 2. The smallest absolute Gasteiger partial charge is 0.231 e. The van der Waals surface area contributed by atoms with Crippen LogP contribution in [0.5, 0.6) is 0 Å². The molecule has 0 unspecified atom stereocenters. The summed E-state index contributed by atoms with van der Waals surface area (Å²) < 4.78 is 0. The number of hydrogen-bond donors (Lipinski definition) is 2. The number of rotatable bonds is 4. The van der Waals surface area contributed by atoms with Crippen LogP contribution in [0, 0.1) is 19.3 Å². The van der Waals surface area contributed by atoms with Crippen molar-refractivity contribution in [3.63, 3.8) is 0 Å². The Balaban J connectivity index is 2.11. The molecule has 0 spiro atoms. The van der Waals surface area contributed by atoms with Crippen molar-refractivity contribution in [3.05, 3.63) is 29.3 Å². The fourth-order valence-corrected chi connectivity index (χ4v) is 2.10. The van der Waals surface area contributed by atoms with Crippen LogP contribution in [0.15, 0.2) is 18.2 Å². The quantitative estimate of drug-likeness (QED) is 0.836. The van der Waals surface area contributed by atoms with Gasteiger partial charge in [-0.2, -0.15) is 0 Å². The van der Waals surface area contributed by atoms with Gasteiger partial charge >= 0.3 is 0 Å². The highest BCUT2D eigenvalue weighted by atomic mass is 16.2. The second kappa shape index (κ2) is 4.49. The van der Waals surface area contributed by atoms with Crippen LogP contribution in [0.1, 0.15) is 24.0 Å². The van der Waals surface area contributed by atoms with E-state index in [9.17, 15) is 4.79 Å². The first-order valence-corrected chi connectivity index (χ1v) is 6.11. The Bertz CT molecular complexity index is 436. The highest BCUT2D eigenvalue weighted by Gasteiger charge is 2.49. The fourth-order valence-electron chi connectivity index (χ4n) is 2.10. The molecule has 92 valence electrons. The van der Waals surface area contributed by atoms with Gasteiger partial charge < -0.3 is 10.6 Å². The van der Waals surface area contributed by atoms with E-state index in [1.54, 1.807) is 0 Å². The molecule has 0 saturated heterocycles. The van der Waals surface area contributed by atoms with E-state index in [1.165, 1.54) is 5.56 Å². The second-order valence-corrected chi connectivity index (χ2v) is 5.08. The Morgan fingerprint density at radius 1 is 1.35 bits per heavy atom. The summed E-state index contributed by atoms with van der Waals surface area (Å²) in [6.45, 7) is 4.83. The first kappa shape index (κ1) is 12.1. The highest BCUT2D eigenvalue weighted by Crippen LogP contribution is 2.46. The van der Waals surface area contributed by atoms with E-state index in [0.29, 0.717) is 0 Å². The summed E-state index contributed by atoms with van der Waals surface area (Å²) in [7, 11) is 1.89. The predicted molar refractivity (Wildman–Crippen MR) is 70.1 cm³/mol. The number of nitrogens with one attached hydrogen (secondary N) is 2. The van der Waals surface area contributed by atoms with Crippen molar-refractivity contribution in [1.82, 2.24) is 5.32 Å². The topological polar surface area (TPSA) is 41.1 Å². The summed E-state index contributed by atoms with van der Waals surface area (Å²) in [6.07, 6.45) is 1.98. The van der Waals surface area contributed by atoms with Crippen molar-refractivity contribution in [2.45, 2.75) is 26.7 Å². The Labute approximate surface area is 103 Å². The van der Waals surface area contributed by atoms with Crippen LogP contribution in [0.3, 0.4) is 0 Å². The van der Waals surface area contributed by atoms with Crippen molar-refractivity contribution < 1.29 is 4.79 Å². The average Bonchev–Trinajstić information content (AvgIpc) is 3.05. The lowest BCUT2D eigenvalue weighted by atomic mass is 10.1. The Morgan fingerprint density at radius 2 is 2.06 bits per heavy atom. The number of carbonyl (C=O) groups excluding carboxylic acids is 1. The van der Waals surface area contributed by atoms with Gasteiger partial charge in [-0.1, -0.05) is 12.1 Å². The molecule has 1 aliphatic rings. The Hall–Kier alpha value is -1.35.